The Hall–Kier alpha value is -2.39. The molecular formula is C18H19N5O2S2. The molecule has 3 rings (SSSR count). The average molecular weight is 402 g/mol. The van der Waals surface area contributed by atoms with Crippen LogP contribution in [0.15, 0.2) is 59.1 Å². The fourth-order valence-electron chi connectivity index (χ4n) is 2.26. The number of nitrogens with zero attached hydrogens (tertiary/aromatic N) is 5. The van der Waals surface area contributed by atoms with Crippen LogP contribution in [0.2, 0.25) is 0 Å². The normalized spacial score (nSPS) is 11.9. The maximum absolute atomic E-state index is 12.0. The Labute approximate surface area is 166 Å². The van der Waals surface area contributed by atoms with Gasteiger partial charge < -0.3 is 4.74 Å². The number of thioether (sulfide) groups is 2. The quantitative estimate of drug-likeness (QED) is 0.323. The molecule has 0 aliphatic heterocycles. The lowest BCUT2D eigenvalue weighted by Crippen LogP contribution is -2.17. The Morgan fingerprint density at radius 3 is 2.59 bits per heavy atom. The first-order chi connectivity index (χ1) is 13.2. The molecule has 0 saturated heterocycles. The molecule has 0 amide bonds. The standard InChI is InChI=1S/C18H19N5O2S2/c1-3-25-16(24)13(2)27-18-22-21-15(12-26-17-19-10-7-11-20-17)23(18)14-8-5-4-6-9-14/h4-11,13H,3,12H2,1-2H3/t13-/m1/s1. The van der Waals surface area contributed by atoms with Gasteiger partial charge in [-0.05, 0) is 32.0 Å². The predicted octanol–water partition coefficient (Wildman–Crippen LogP) is 3.39. The number of para-hydroxylation sites is 1. The van der Waals surface area contributed by atoms with Crippen LogP contribution in [0, 0.1) is 0 Å². The zero-order chi connectivity index (χ0) is 19.1. The largest absolute Gasteiger partial charge is 0.465 e. The molecule has 2 aromatic heterocycles. The molecule has 2 heterocycles. The SMILES string of the molecule is CCOC(=O)[C@@H](C)Sc1nnc(CSc2ncccn2)n1-c1ccccc1. The molecule has 1 aromatic carbocycles. The van der Waals surface area contributed by atoms with E-state index in [0.717, 1.165) is 11.5 Å². The van der Waals surface area contributed by atoms with Gasteiger partial charge in [-0.3, -0.25) is 9.36 Å². The summed E-state index contributed by atoms with van der Waals surface area (Å²) in [7, 11) is 0. The van der Waals surface area contributed by atoms with Gasteiger partial charge >= 0.3 is 5.97 Å². The molecule has 0 fully saturated rings. The summed E-state index contributed by atoms with van der Waals surface area (Å²) in [5.74, 6) is 1.05. The van der Waals surface area contributed by atoms with Gasteiger partial charge in [0.15, 0.2) is 10.3 Å². The van der Waals surface area contributed by atoms with Crippen LogP contribution in [0.4, 0.5) is 0 Å². The third-order valence-corrected chi connectivity index (χ3v) is 5.38. The molecule has 0 aliphatic carbocycles. The summed E-state index contributed by atoms with van der Waals surface area (Å²) in [5.41, 5.74) is 0.936. The van der Waals surface area contributed by atoms with Crippen LogP contribution in [0.1, 0.15) is 19.7 Å². The lowest BCUT2D eigenvalue weighted by atomic mass is 10.3. The third-order valence-electron chi connectivity index (χ3n) is 3.49. The monoisotopic (exact) mass is 401 g/mol. The molecule has 0 bridgehead atoms. The van der Waals surface area contributed by atoms with Gasteiger partial charge in [0.1, 0.15) is 11.1 Å². The topological polar surface area (TPSA) is 82.8 Å². The molecule has 0 radical (unpaired) electrons. The Morgan fingerprint density at radius 1 is 1.15 bits per heavy atom. The number of esters is 1. The summed E-state index contributed by atoms with van der Waals surface area (Å²) in [6, 6.07) is 11.6. The number of carbonyl (C=O) groups excluding carboxylic acids is 1. The Bertz CT molecular complexity index is 874. The predicted molar refractivity (Wildman–Crippen MR) is 105 cm³/mol. The molecule has 1 atom stereocenters. The van der Waals surface area contributed by atoms with Gasteiger partial charge in [0, 0.05) is 18.1 Å². The highest BCUT2D eigenvalue weighted by molar-refractivity contribution is 8.00. The van der Waals surface area contributed by atoms with E-state index in [1.807, 2.05) is 34.9 Å². The van der Waals surface area contributed by atoms with Gasteiger partial charge in [0.2, 0.25) is 0 Å². The summed E-state index contributed by atoms with van der Waals surface area (Å²) < 4.78 is 7.05. The number of ether oxygens (including phenoxy) is 1. The van der Waals surface area contributed by atoms with Gasteiger partial charge in [-0.2, -0.15) is 0 Å². The van der Waals surface area contributed by atoms with E-state index in [0.29, 0.717) is 22.7 Å². The van der Waals surface area contributed by atoms with Crippen molar-refractivity contribution in [2.75, 3.05) is 6.61 Å². The van der Waals surface area contributed by atoms with Gasteiger partial charge in [-0.1, -0.05) is 41.7 Å². The highest BCUT2D eigenvalue weighted by Gasteiger charge is 2.22. The van der Waals surface area contributed by atoms with Crippen LogP contribution >= 0.6 is 23.5 Å². The highest BCUT2D eigenvalue weighted by atomic mass is 32.2. The molecule has 27 heavy (non-hydrogen) atoms. The molecule has 0 spiro atoms. The van der Waals surface area contributed by atoms with Crippen LogP contribution < -0.4 is 0 Å². The van der Waals surface area contributed by atoms with E-state index in [-0.39, 0.29) is 11.2 Å². The molecule has 7 nitrogen and oxygen atoms in total. The molecular weight excluding hydrogens is 382 g/mol. The van der Waals surface area contributed by atoms with Crippen LogP contribution in [0.3, 0.4) is 0 Å². The van der Waals surface area contributed by atoms with E-state index in [1.54, 1.807) is 32.3 Å². The molecule has 9 heteroatoms. The van der Waals surface area contributed by atoms with Crippen molar-refractivity contribution >= 4 is 29.5 Å². The Kier molecular flexibility index (Phi) is 6.83. The Balaban J connectivity index is 1.85. The van der Waals surface area contributed by atoms with E-state index < -0.39 is 0 Å². The number of hydrogen-bond donors (Lipinski definition) is 0. The van der Waals surface area contributed by atoms with Crippen molar-refractivity contribution in [1.29, 1.82) is 0 Å². The second-order valence-electron chi connectivity index (χ2n) is 5.40. The molecule has 0 aliphatic rings. The van der Waals surface area contributed by atoms with E-state index in [4.69, 9.17) is 4.74 Å². The van der Waals surface area contributed by atoms with Crippen molar-refractivity contribution in [3.8, 4) is 5.69 Å². The summed E-state index contributed by atoms with van der Waals surface area (Å²) in [6.07, 6.45) is 3.42. The first-order valence-electron chi connectivity index (χ1n) is 8.42. The molecule has 0 saturated carbocycles. The summed E-state index contributed by atoms with van der Waals surface area (Å²) in [5, 5.41) is 9.57. The lowest BCUT2D eigenvalue weighted by molar-refractivity contribution is -0.142. The minimum atomic E-state index is -0.380. The summed E-state index contributed by atoms with van der Waals surface area (Å²) in [6.45, 7) is 3.95. The minimum Gasteiger partial charge on any atom is -0.465 e. The fraction of sp³-hybridized carbons (Fsp3) is 0.278. The van der Waals surface area contributed by atoms with E-state index in [9.17, 15) is 4.79 Å². The fourth-order valence-corrected chi connectivity index (χ4v) is 3.86. The van der Waals surface area contributed by atoms with Crippen LogP contribution in [0.5, 0.6) is 0 Å². The maximum Gasteiger partial charge on any atom is 0.319 e. The van der Waals surface area contributed by atoms with Crippen molar-refractivity contribution in [2.45, 2.75) is 35.2 Å². The first kappa shape index (κ1) is 19.4. The summed E-state index contributed by atoms with van der Waals surface area (Å²) in [4.78, 5) is 20.4. The zero-order valence-corrected chi connectivity index (χ0v) is 16.6. The molecule has 3 aromatic rings. The number of hydrogen-bond acceptors (Lipinski definition) is 8. The number of carbonyl (C=O) groups is 1. The van der Waals surface area contributed by atoms with Gasteiger partial charge in [-0.15, -0.1) is 10.2 Å². The van der Waals surface area contributed by atoms with Crippen LogP contribution in [-0.4, -0.2) is 42.6 Å². The maximum atomic E-state index is 12.0. The van der Waals surface area contributed by atoms with Gasteiger partial charge in [0.25, 0.3) is 0 Å². The highest BCUT2D eigenvalue weighted by Crippen LogP contribution is 2.28. The minimum absolute atomic E-state index is 0.265. The molecule has 0 N–H and O–H groups in total. The smallest absolute Gasteiger partial charge is 0.319 e. The second kappa shape index (κ2) is 9.52. The van der Waals surface area contributed by atoms with Crippen molar-refractivity contribution in [2.24, 2.45) is 0 Å². The number of benzene rings is 1. The van der Waals surface area contributed by atoms with Crippen molar-refractivity contribution in [1.82, 2.24) is 24.7 Å². The van der Waals surface area contributed by atoms with Crippen LogP contribution in [-0.2, 0) is 15.3 Å². The third kappa shape index (κ3) is 5.08. The van der Waals surface area contributed by atoms with Crippen molar-refractivity contribution in [3.63, 3.8) is 0 Å². The van der Waals surface area contributed by atoms with Crippen molar-refractivity contribution in [3.05, 3.63) is 54.6 Å². The lowest BCUT2D eigenvalue weighted by Gasteiger charge is -2.12. The summed E-state index contributed by atoms with van der Waals surface area (Å²) >= 11 is 2.81. The van der Waals surface area contributed by atoms with E-state index in [1.165, 1.54) is 23.5 Å². The first-order valence-corrected chi connectivity index (χ1v) is 10.3. The molecule has 140 valence electrons. The van der Waals surface area contributed by atoms with Crippen LogP contribution in [0.25, 0.3) is 5.69 Å². The molecule has 0 unspecified atom stereocenters. The average Bonchev–Trinajstić information content (AvgIpc) is 3.10. The van der Waals surface area contributed by atoms with E-state index in [2.05, 4.69) is 20.2 Å². The Morgan fingerprint density at radius 2 is 1.89 bits per heavy atom. The van der Waals surface area contributed by atoms with Gasteiger partial charge in [-0.25, -0.2) is 9.97 Å². The second-order valence-corrected chi connectivity index (χ2v) is 7.65. The van der Waals surface area contributed by atoms with Crippen molar-refractivity contribution < 1.29 is 9.53 Å². The van der Waals surface area contributed by atoms with E-state index >= 15 is 0 Å². The number of rotatable bonds is 8. The number of aromatic nitrogens is 5. The van der Waals surface area contributed by atoms with Gasteiger partial charge in [0.05, 0.1) is 12.4 Å². The zero-order valence-electron chi connectivity index (χ0n) is 15.0.